The van der Waals surface area contributed by atoms with Gasteiger partial charge >= 0.3 is 5.97 Å². The molecule has 2 atom stereocenters. The molecule has 0 saturated heterocycles. The number of benzene rings is 2. The quantitative estimate of drug-likeness (QED) is 0.437. The van der Waals surface area contributed by atoms with Gasteiger partial charge in [-0.15, -0.1) is 0 Å². The molecule has 0 bridgehead atoms. The van der Waals surface area contributed by atoms with Gasteiger partial charge in [-0.05, 0) is 44.4 Å². The van der Waals surface area contributed by atoms with Crippen LogP contribution < -0.4 is 5.32 Å². The van der Waals surface area contributed by atoms with Crippen molar-refractivity contribution in [1.29, 1.82) is 0 Å². The minimum Gasteiger partial charge on any atom is -0.449 e. The maximum Gasteiger partial charge on any atom is 0.338 e. The van der Waals surface area contributed by atoms with Crippen LogP contribution in [0.1, 0.15) is 36.2 Å². The SMILES string of the molecule is C[C@@H](CCc1ccccc1)NC(=O)[C@@H](C)OC(=O)c1ccc([N+](=O)[O-])cc1. The number of esters is 1. The van der Waals surface area contributed by atoms with Crippen molar-refractivity contribution >= 4 is 17.6 Å². The fraction of sp³-hybridized carbons (Fsp3) is 0.300. The van der Waals surface area contributed by atoms with Gasteiger partial charge in [0, 0.05) is 18.2 Å². The highest BCUT2D eigenvalue weighted by Crippen LogP contribution is 2.13. The van der Waals surface area contributed by atoms with Crippen molar-refractivity contribution in [3.63, 3.8) is 0 Å². The Morgan fingerprint density at radius 3 is 2.30 bits per heavy atom. The van der Waals surface area contributed by atoms with Crippen molar-refractivity contribution in [3.05, 3.63) is 75.8 Å². The number of carbonyl (C=O) groups excluding carboxylic acids is 2. The number of rotatable bonds is 8. The van der Waals surface area contributed by atoms with E-state index in [9.17, 15) is 19.7 Å². The molecule has 0 radical (unpaired) electrons. The lowest BCUT2D eigenvalue weighted by atomic mass is 10.1. The third kappa shape index (κ3) is 6.22. The first-order chi connectivity index (χ1) is 12.9. The fourth-order valence-corrected chi connectivity index (χ4v) is 2.46. The van der Waals surface area contributed by atoms with Crippen LogP contribution in [0.2, 0.25) is 0 Å². The topological polar surface area (TPSA) is 98.5 Å². The third-order valence-electron chi connectivity index (χ3n) is 4.06. The van der Waals surface area contributed by atoms with Crippen LogP contribution in [-0.2, 0) is 16.0 Å². The number of nitro benzene ring substituents is 1. The monoisotopic (exact) mass is 370 g/mol. The molecule has 142 valence electrons. The van der Waals surface area contributed by atoms with Gasteiger partial charge in [0.1, 0.15) is 0 Å². The second-order valence-corrected chi connectivity index (χ2v) is 6.29. The Labute approximate surface area is 157 Å². The van der Waals surface area contributed by atoms with Crippen LogP contribution in [0.15, 0.2) is 54.6 Å². The van der Waals surface area contributed by atoms with E-state index in [0.29, 0.717) is 0 Å². The summed E-state index contributed by atoms with van der Waals surface area (Å²) in [6, 6.07) is 14.9. The molecule has 7 heteroatoms. The second-order valence-electron chi connectivity index (χ2n) is 6.29. The number of nitrogens with one attached hydrogen (secondary N) is 1. The van der Waals surface area contributed by atoms with Crippen LogP contribution in [0.3, 0.4) is 0 Å². The number of hydrogen-bond acceptors (Lipinski definition) is 5. The van der Waals surface area contributed by atoms with Gasteiger partial charge < -0.3 is 10.1 Å². The van der Waals surface area contributed by atoms with Crippen LogP contribution in [0.5, 0.6) is 0 Å². The van der Waals surface area contributed by atoms with Gasteiger partial charge in [-0.3, -0.25) is 14.9 Å². The van der Waals surface area contributed by atoms with E-state index in [1.807, 2.05) is 37.3 Å². The molecule has 7 nitrogen and oxygen atoms in total. The summed E-state index contributed by atoms with van der Waals surface area (Å²) in [6.45, 7) is 3.38. The van der Waals surface area contributed by atoms with Crippen molar-refractivity contribution in [2.75, 3.05) is 0 Å². The predicted octanol–water partition coefficient (Wildman–Crippen LogP) is 3.28. The van der Waals surface area contributed by atoms with E-state index in [2.05, 4.69) is 5.32 Å². The zero-order valence-electron chi connectivity index (χ0n) is 15.3. The molecule has 0 unspecified atom stereocenters. The number of carbonyl (C=O) groups is 2. The zero-order chi connectivity index (χ0) is 19.8. The number of ether oxygens (including phenoxy) is 1. The van der Waals surface area contributed by atoms with Gasteiger partial charge in [-0.1, -0.05) is 30.3 Å². The zero-order valence-corrected chi connectivity index (χ0v) is 15.3. The average Bonchev–Trinajstić information content (AvgIpc) is 2.67. The molecule has 0 aliphatic rings. The van der Waals surface area contributed by atoms with Gasteiger partial charge in [-0.2, -0.15) is 0 Å². The summed E-state index contributed by atoms with van der Waals surface area (Å²) in [6.07, 6.45) is 0.629. The van der Waals surface area contributed by atoms with Crippen LogP contribution in [0.4, 0.5) is 5.69 Å². The Balaban J connectivity index is 1.81. The highest BCUT2D eigenvalue weighted by atomic mass is 16.6. The largest absolute Gasteiger partial charge is 0.449 e. The summed E-state index contributed by atoms with van der Waals surface area (Å²) in [5.41, 5.74) is 1.22. The molecule has 2 rings (SSSR count). The van der Waals surface area contributed by atoms with Crippen molar-refractivity contribution < 1.29 is 19.2 Å². The summed E-state index contributed by atoms with van der Waals surface area (Å²) < 4.78 is 5.14. The number of nitrogens with zero attached hydrogens (tertiary/aromatic N) is 1. The summed E-state index contributed by atoms with van der Waals surface area (Å²) in [4.78, 5) is 34.3. The van der Waals surface area contributed by atoms with E-state index < -0.39 is 17.0 Å². The number of nitro groups is 1. The number of amides is 1. The first kappa shape index (κ1) is 20.1. The minimum absolute atomic E-state index is 0.0711. The molecule has 27 heavy (non-hydrogen) atoms. The Morgan fingerprint density at radius 2 is 1.70 bits per heavy atom. The Hall–Kier alpha value is -3.22. The molecule has 1 amide bonds. The minimum atomic E-state index is -0.966. The summed E-state index contributed by atoms with van der Waals surface area (Å²) in [5, 5.41) is 13.5. The van der Waals surface area contributed by atoms with Crippen LogP contribution >= 0.6 is 0 Å². The van der Waals surface area contributed by atoms with Crippen molar-refractivity contribution in [2.45, 2.75) is 38.8 Å². The lowest BCUT2D eigenvalue weighted by Crippen LogP contribution is -2.41. The lowest BCUT2D eigenvalue weighted by molar-refractivity contribution is -0.384. The maximum atomic E-state index is 12.2. The first-order valence-electron chi connectivity index (χ1n) is 8.66. The smallest absolute Gasteiger partial charge is 0.338 e. The van der Waals surface area contributed by atoms with Crippen LogP contribution in [-0.4, -0.2) is 28.9 Å². The number of non-ortho nitro benzene ring substituents is 1. The van der Waals surface area contributed by atoms with Crippen molar-refractivity contribution in [2.24, 2.45) is 0 Å². The van der Waals surface area contributed by atoms with Crippen LogP contribution in [0, 0.1) is 10.1 Å². The van der Waals surface area contributed by atoms with Gasteiger partial charge in [0.15, 0.2) is 6.10 Å². The Bertz CT molecular complexity index is 790. The Morgan fingerprint density at radius 1 is 1.07 bits per heavy atom. The summed E-state index contributed by atoms with van der Waals surface area (Å²) in [7, 11) is 0. The molecule has 0 saturated carbocycles. The molecule has 0 aromatic heterocycles. The molecule has 2 aromatic carbocycles. The standard InChI is InChI=1S/C20H22N2O5/c1-14(8-9-16-6-4-3-5-7-16)21-19(23)15(2)27-20(24)17-10-12-18(13-11-17)22(25)26/h3-7,10-15H,8-9H2,1-2H3,(H,21,23)/t14-,15+/m0/s1. The van der Waals surface area contributed by atoms with E-state index in [-0.39, 0.29) is 23.2 Å². The maximum absolute atomic E-state index is 12.2. The first-order valence-corrected chi connectivity index (χ1v) is 8.66. The second kappa shape index (κ2) is 9.47. The molecule has 1 N–H and O–H groups in total. The number of hydrogen-bond donors (Lipinski definition) is 1. The predicted molar refractivity (Wildman–Crippen MR) is 100 cm³/mol. The molecule has 0 spiro atoms. The molecular formula is C20H22N2O5. The van der Waals surface area contributed by atoms with E-state index in [0.717, 1.165) is 12.8 Å². The van der Waals surface area contributed by atoms with Gasteiger partial charge in [0.25, 0.3) is 11.6 Å². The normalized spacial score (nSPS) is 12.7. The molecule has 0 fully saturated rings. The van der Waals surface area contributed by atoms with E-state index in [4.69, 9.17) is 4.74 Å². The van der Waals surface area contributed by atoms with E-state index >= 15 is 0 Å². The lowest BCUT2D eigenvalue weighted by Gasteiger charge is -2.18. The summed E-state index contributed by atoms with van der Waals surface area (Å²) >= 11 is 0. The molecule has 2 aromatic rings. The fourth-order valence-electron chi connectivity index (χ4n) is 2.46. The van der Waals surface area contributed by atoms with Crippen LogP contribution in [0.25, 0.3) is 0 Å². The molecule has 0 heterocycles. The van der Waals surface area contributed by atoms with E-state index in [1.165, 1.54) is 36.8 Å². The molecule has 0 aliphatic heterocycles. The summed E-state index contributed by atoms with van der Waals surface area (Å²) in [5.74, 6) is -1.09. The van der Waals surface area contributed by atoms with E-state index in [1.54, 1.807) is 0 Å². The van der Waals surface area contributed by atoms with Gasteiger partial charge in [0.05, 0.1) is 10.5 Å². The highest BCUT2D eigenvalue weighted by molar-refractivity contribution is 5.92. The molecule has 0 aliphatic carbocycles. The highest BCUT2D eigenvalue weighted by Gasteiger charge is 2.20. The van der Waals surface area contributed by atoms with Crippen molar-refractivity contribution in [1.82, 2.24) is 5.32 Å². The average molecular weight is 370 g/mol. The van der Waals surface area contributed by atoms with Crippen molar-refractivity contribution in [3.8, 4) is 0 Å². The molecular weight excluding hydrogens is 348 g/mol. The van der Waals surface area contributed by atoms with Gasteiger partial charge in [-0.25, -0.2) is 4.79 Å². The number of aryl methyl sites for hydroxylation is 1. The third-order valence-corrected chi connectivity index (χ3v) is 4.06. The Kier molecular flexibility index (Phi) is 7.05. The van der Waals surface area contributed by atoms with Gasteiger partial charge in [0.2, 0.25) is 0 Å².